The fourth-order valence-corrected chi connectivity index (χ4v) is 1.74. The maximum absolute atomic E-state index is 10.7. The topological polar surface area (TPSA) is 46.3 Å². The molecule has 0 aliphatic heterocycles. The Balaban J connectivity index is 3.61. The smallest absolute Gasteiger partial charge is 0.125 e. The lowest BCUT2D eigenvalue weighted by Gasteiger charge is -2.03. The molecular weight excluding hydrogens is 194 g/mol. The van der Waals surface area contributed by atoms with Gasteiger partial charge in [-0.15, -0.1) is 28.7 Å². The van der Waals surface area contributed by atoms with Gasteiger partial charge in [0.25, 0.3) is 0 Å². The molecule has 0 fully saturated rings. The normalized spacial score (nSPS) is 12.2. The average molecular weight is 204 g/mol. The van der Waals surface area contributed by atoms with Crippen LogP contribution in [0.1, 0.15) is 0 Å². The number of alkyl halides is 2. The van der Waals surface area contributed by atoms with Gasteiger partial charge in [0.05, 0.1) is 13.1 Å². The van der Waals surface area contributed by atoms with Crippen molar-refractivity contribution in [2.45, 2.75) is 0 Å². The monoisotopic (exact) mass is 203 g/mol. The van der Waals surface area contributed by atoms with E-state index in [1.807, 2.05) is 0 Å². The highest BCUT2D eigenvalue weighted by atomic mass is 35.5. The second-order valence-electron chi connectivity index (χ2n) is 1.63. The molecule has 0 spiro atoms. The van der Waals surface area contributed by atoms with Gasteiger partial charge in [-0.2, -0.15) is 0 Å². The summed E-state index contributed by atoms with van der Waals surface area (Å²) in [5, 5.41) is 0. The highest BCUT2D eigenvalue weighted by molar-refractivity contribution is 7.39. The molecule has 0 saturated heterocycles. The minimum Gasteiger partial charge on any atom is -0.125 e. The summed E-state index contributed by atoms with van der Waals surface area (Å²) in [7, 11) is -1.76. The number of nitrogens with two attached hydrogens (primary N) is 1. The van der Waals surface area contributed by atoms with Gasteiger partial charge in [-0.05, 0) is 4.57 Å². The second kappa shape index (κ2) is 6.32. The van der Waals surface area contributed by atoms with Gasteiger partial charge in [-0.3, -0.25) is 0 Å². The van der Waals surface area contributed by atoms with E-state index in [2.05, 4.69) is 0 Å². The van der Waals surface area contributed by atoms with E-state index in [0.717, 1.165) is 0 Å². The lowest BCUT2D eigenvalue weighted by molar-refractivity contribution is 0.464. The molecule has 0 aliphatic carbocycles. The number of nitrogens with zero attached hydrogens (tertiary/aromatic N) is 1. The Morgan fingerprint density at radius 1 is 1.30 bits per heavy atom. The van der Waals surface area contributed by atoms with Gasteiger partial charge in [0, 0.05) is 11.8 Å². The van der Waals surface area contributed by atoms with Crippen LogP contribution >= 0.6 is 31.3 Å². The Kier molecular flexibility index (Phi) is 6.70. The maximum atomic E-state index is 10.7. The molecular formula is C4H10Cl2N2OP+. The van der Waals surface area contributed by atoms with Gasteiger partial charge in [0.15, 0.2) is 0 Å². The molecule has 0 saturated carbocycles. The van der Waals surface area contributed by atoms with Gasteiger partial charge >= 0.3 is 8.10 Å². The highest BCUT2D eigenvalue weighted by Gasteiger charge is 2.20. The molecule has 1 unspecified atom stereocenters. The number of halogens is 2. The number of hydrogen-bond donors (Lipinski definition) is 1. The minimum atomic E-state index is -1.76. The van der Waals surface area contributed by atoms with Crippen LogP contribution in [0.3, 0.4) is 0 Å². The van der Waals surface area contributed by atoms with Crippen LogP contribution in [0.2, 0.25) is 0 Å². The van der Waals surface area contributed by atoms with Crippen molar-refractivity contribution in [3.63, 3.8) is 0 Å². The van der Waals surface area contributed by atoms with Crippen molar-refractivity contribution in [2.24, 2.45) is 5.50 Å². The van der Waals surface area contributed by atoms with E-state index in [1.165, 1.54) is 0 Å². The van der Waals surface area contributed by atoms with Gasteiger partial charge in [0.2, 0.25) is 0 Å². The Bertz CT molecular complexity index is 107. The predicted octanol–water partition coefficient (Wildman–Crippen LogP) is 1.38. The van der Waals surface area contributed by atoms with E-state index < -0.39 is 8.10 Å². The number of hydrogen-bond acceptors (Lipinski definition) is 1. The molecule has 0 bridgehead atoms. The minimum absolute atomic E-state index is 0.426. The van der Waals surface area contributed by atoms with Gasteiger partial charge in [-0.25, -0.2) is 0 Å². The quantitative estimate of drug-likeness (QED) is 0.543. The fraction of sp³-hybridized carbons (Fsp3) is 1.00. The van der Waals surface area contributed by atoms with Crippen molar-refractivity contribution in [2.75, 3.05) is 24.8 Å². The van der Waals surface area contributed by atoms with Crippen LogP contribution in [0.25, 0.3) is 0 Å². The number of rotatable bonds is 5. The van der Waals surface area contributed by atoms with E-state index in [1.54, 1.807) is 4.67 Å². The van der Waals surface area contributed by atoms with Crippen molar-refractivity contribution in [3.05, 3.63) is 0 Å². The molecule has 2 N–H and O–H groups in total. The molecule has 0 aromatic carbocycles. The molecule has 6 heteroatoms. The molecule has 0 aromatic rings. The summed E-state index contributed by atoms with van der Waals surface area (Å²) in [6.45, 7) is 1.06. The molecule has 60 valence electrons. The van der Waals surface area contributed by atoms with Crippen LogP contribution in [0.4, 0.5) is 0 Å². The van der Waals surface area contributed by atoms with Crippen LogP contribution in [-0.2, 0) is 4.57 Å². The first-order chi connectivity index (χ1) is 4.72. The van der Waals surface area contributed by atoms with Crippen molar-refractivity contribution in [1.29, 1.82) is 0 Å². The standard InChI is InChI=1S/C4H10Cl2N2OP/c5-1-3-8(4-2-6)10(7)9/h1-4H2,(H2,7,9)/q+1. The second-order valence-corrected chi connectivity index (χ2v) is 3.56. The summed E-state index contributed by atoms with van der Waals surface area (Å²) in [5.74, 6) is 0.852. The molecule has 0 heterocycles. The van der Waals surface area contributed by atoms with Crippen LogP contribution in [-0.4, -0.2) is 29.5 Å². The summed E-state index contributed by atoms with van der Waals surface area (Å²) in [5.41, 5.74) is 5.13. The summed E-state index contributed by atoms with van der Waals surface area (Å²) in [4.78, 5) is 0. The zero-order valence-corrected chi connectivity index (χ0v) is 7.87. The third-order valence-electron chi connectivity index (χ3n) is 0.964. The van der Waals surface area contributed by atoms with Gasteiger partial charge < -0.3 is 0 Å². The van der Waals surface area contributed by atoms with Gasteiger partial charge in [0.1, 0.15) is 0 Å². The molecule has 3 nitrogen and oxygen atoms in total. The maximum Gasteiger partial charge on any atom is 0.532 e. The van der Waals surface area contributed by atoms with E-state index >= 15 is 0 Å². The Morgan fingerprint density at radius 3 is 1.90 bits per heavy atom. The summed E-state index contributed by atoms with van der Waals surface area (Å²) >= 11 is 10.8. The third-order valence-corrected chi connectivity index (χ3v) is 2.26. The van der Waals surface area contributed by atoms with Crippen molar-refractivity contribution in [1.82, 2.24) is 4.67 Å². The first-order valence-electron chi connectivity index (χ1n) is 2.81. The Morgan fingerprint density at radius 2 is 1.70 bits per heavy atom. The van der Waals surface area contributed by atoms with Crippen LogP contribution in [0.15, 0.2) is 0 Å². The fourth-order valence-electron chi connectivity index (χ4n) is 0.504. The first kappa shape index (κ1) is 10.6. The van der Waals surface area contributed by atoms with Crippen molar-refractivity contribution >= 4 is 31.3 Å². The Hall–Kier alpha value is 0.600. The summed E-state index contributed by atoms with van der Waals surface area (Å²) < 4.78 is 12.2. The SMILES string of the molecule is N[P+](=O)N(CCCl)CCCl. The first-order valence-corrected chi connectivity index (χ1v) is 5.16. The van der Waals surface area contributed by atoms with Gasteiger partial charge in [-0.1, -0.05) is 4.67 Å². The van der Waals surface area contributed by atoms with E-state index in [-0.39, 0.29) is 0 Å². The van der Waals surface area contributed by atoms with E-state index in [4.69, 9.17) is 28.7 Å². The molecule has 0 rings (SSSR count). The Labute approximate surface area is 71.4 Å². The van der Waals surface area contributed by atoms with E-state index in [9.17, 15) is 4.57 Å². The molecule has 0 aromatic heterocycles. The van der Waals surface area contributed by atoms with Crippen LogP contribution < -0.4 is 5.50 Å². The zero-order valence-electron chi connectivity index (χ0n) is 5.46. The van der Waals surface area contributed by atoms with Crippen molar-refractivity contribution < 1.29 is 4.57 Å². The largest absolute Gasteiger partial charge is 0.532 e. The lowest BCUT2D eigenvalue weighted by Crippen LogP contribution is -2.22. The molecule has 1 atom stereocenters. The molecule has 10 heavy (non-hydrogen) atoms. The molecule has 0 aliphatic rings. The summed E-state index contributed by atoms with van der Waals surface area (Å²) in [6, 6.07) is 0. The highest BCUT2D eigenvalue weighted by Crippen LogP contribution is 2.15. The average Bonchev–Trinajstić information content (AvgIpc) is 1.87. The van der Waals surface area contributed by atoms with Crippen molar-refractivity contribution in [3.8, 4) is 0 Å². The van der Waals surface area contributed by atoms with Crippen LogP contribution in [0, 0.1) is 0 Å². The molecule has 0 amide bonds. The summed E-state index contributed by atoms with van der Waals surface area (Å²) in [6.07, 6.45) is 0. The van der Waals surface area contributed by atoms with E-state index in [0.29, 0.717) is 24.8 Å². The lowest BCUT2D eigenvalue weighted by atomic mass is 10.7. The zero-order chi connectivity index (χ0) is 7.98. The third kappa shape index (κ3) is 4.42. The predicted molar refractivity (Wildman–Crippen MR) is 44.8 cm³/mol. The van der Waals surface area contributed by atoms with Crippen LogP contribution in [0.5, 0.6) is 0 Å². The molecule has 0 radical (unpaired) electrons.